The van der Waals surface area contributed by atoms with Crippen LogP contribution in [0.4, 0.5) is 5.69 Å². The molecule has 0 spiro atoms. The second-order valence-electron chi connectivity index (χ2n) is 4.96. The van der Waals surface area contributed by atoms with Crippen molar-refractivity contribution in [3.05, 3.63) is 69.6 Å². The summed E-state index contributed by atoms with van der Waals surface area (Å²) in [7, 11) is 1.77. The van der Waals surface area contributed by atoms with Crippen LogP contribution in [0.2, 0.25) is 0 Å². The molecule has 7 heteroatoms. The largest absolute Gasteiger partial charge is 0.428 e. The Labute approximate surface area is 135 Å². The van der Waals surface area contributed by atoms with Crippen LogP contribution in [0.25, 0.3) is 17.1 Å². The highest BCUT2D eigenvalue weighted by molar-refractivity contribution is 8.00. The number of hydrogen-bond acceptors (Lipinski definition) is 6. The molecule has 2 aromatic heterocycles. The Morgan fingerprint density at radius 2 is 1.87 bits per heavy atom. The van der Waals surface area contributed by atoms with Crippen molar-refractivity contribution in [3.63, 3.8) is 0 Å². The van der Waals surface area contributed by atoms with Crippen molar-refractivity contribution in [2.45, 2.75) is 4.90 Å². The third kappa shape index (κ3) is 2.08. The summed E-state index contributed by atoms with van der Waals surface area (Å²) in [6, 6.07) is 12.5. The number of fused-ring (bicyclic) bond motifs is 3. The highest BCUT2D eigenvalue weighted by Crippen LogP contribution is 2.42. The minimum absolute atomic E-state index is 0.242. The van der Waals surface area contributed by atoms with E-state index in [1.54, 1.807) is 29.6 Å². The fourth-order valence-corrected chi connectivity index (χ4v) is 3.48. The molecule has 0 unspecified atom stereocenters. The summed E-state index contributed by atoms with van der Waals surface area (Å²) in [5, 5.41) is 0. The number of nitrogens with zero attached hydrogens (tertiary/aromatic N) is 3. The van der Waals surface area contributed by atoms with Crippen LogP contribution < -0.4 is 15.6 Å². The van der Waals surface area contributed by atoms with E-state index in [1.807, 2.05) is 24.3 Å². The number of pyridine rings is 1. The van der Waals surface area contributed by atoms with E-state index in [-0.39, 0.29) is 5.82 Å². The Kier molecular flexibility index (Phi) is 3.09. The maximum atomic E-state index is 12.9. The Hall–Kier alpha value is -2.80. The molecule has 0 N–H and O–H groups in total. The van der Waals surface area contributed by atoms with Crippen LogP contribution in [0.3, 0.4) is 0 Å². The second kappa shape index (κ2) is 5.13. The molecule has 0 fully saturated rings. The lowest BCUT2D eigenvalue weighted by molar-refractivity contribution is 0.470. The van der Waals surface area contributed by atoms with Gasteiger partial charge in [0, 0.05) is 23.7 Å². The van der Waals surface area contributed by atoms with Gasteiger partial charge in [0.15, 0.2) is 11.4 Å². The number of benzene rings is 1. The predicted molar refractivity (Wildman–Crippen MR) is 88.1 cm³/mol. The molecular formula is C16H11N3O3S. The lowest BCUT2D eigenvalue weighted by atomic mass is 10.1. The Morgan fingerprint density at radius 3 is 2.65 bits per heavy atom. The normalized spacial score (nSPS) is 12.7. The first-order valence-corrected chi connectivity index (χ1v) is 7.67. The first kappa shape index (κ1) is 13.8. The third-order valence-corrected chi connectivity index (χ3v) is 4.56. The zero-order valence-corrected chi connectivity index (χ0v) is 12.9. The topological polar surface area (TPSA) is 68.3 Å². The Morgan fingerprint density at radius 1 is 1.09 bits per heavy atom. The minimum Gasteiger partial charge on any atom is -0.406 e. The highest BCUT2D eigenvalue weighted by Gasteiger charge is 2.28. The molecule has 3 heterocycles. The van der Waals surface area contributed by atoms with Crippen molar-refractivity contribution in [1.29, 1.82) is 0 Å². The average molecular weight is 325 g/mol. The van der Waals surface area contributed by atoms with Crippen molar-refractivity contribution in [2.75, 3.05) is 11.4 Å². The molecule has 1 aliphatic rings. The molecular weight excluding hydrogens is 314 g/mol. The van der Waals surface area contributed by atoms with Gasteiger partial charge in [-0.1, -0.05) is 18.2 Å². The van der Waals surface area contributed by atoms with Crippen molar-refractivity contribution in [2.24, 2.45) is 0 Å². The zero-order chi connectivity index (χ0) is 16.0. The summed E-state index contributed by atoms with van der Waals surface area (Å²) >= 11 is 1.42. The van der Waals surface area contributed by atoms with Crippen LogP contribution in [0.5, 0.6) is 0 Å². The quantitative estimate of drug-likeness (QED) is 0.640. The van der Waals surface area contributed by atoms with E-state index in [4.69, 9.17) is 4.42 Å². The molecule has 0 saturated heterocycles. The molecule has 0 bridgehead atoms. The average Bonchev–Trinajstić information content (AvgIpc) is 2.55. The van der Waals surface area contributed by atoms with E-state index in [2.05, 4.69) is 4.98 Å². The van der Waals surface area contributed by atoms with Gasteiger partial charge >= 0.3 is 5.76 Å². The molecule has 23 heavy (non-hydrogen) atoms. The van der Waals surface area contributed by atoms with Crippen LogP contribution in [-0.2, 0) is 0 Å². The molecule has 0 saturated carbocycles. The second-order valence-corrected chi connectivity index (χ2v) is 6.13. The predicted octanol–water partition coefficient (Wildman–Crippen LogP) is 2.31. The number of anilines is 1. The van der Waals surface area contributed by atoms with E-state index in [9.17, 15) is 9.59 Å². The number of hydrogen-bond donors (Lipinski definition) is 0. The van der Waals surface area contributed by atoms with Crippen molar-refractivity contribution >= 4 is 17.6 Å². The fourth-order valence-electron chi connectivity index (χ4n) is 2.54. The maximum absolute atomic E-state index is 12.9. The fraction of sp³-hybridized carbons (Fsp3) is 0.0625. The van der Waals surface area contributed by atoms with Crippen molar-refractivity contribution < 1.29 is 4.42 Å². The van der Waals surface area contributed by atoms with Gasteiger partial charge in [-0.3, -0.25) is 4.79 Å². The molecule has 1 aromatic carbocycles. The molecule has 1 aliphatic heterocycles. The van der Waals surface area contributed by atoms with Gasteiger partial charge in [0.2, 0.25) is 0 Å². The van der Waals surface area contributed by atoms with Crippen LogP contribution in [0.1, 0.15) is 0 Å². The van der Waals surface area contributed by atoms with E-state index >= 15 is 0 Å². The van der Waals surface area contributed by atoms with Crippen molar-refractivity contribution in [3.8, 4) is 17.1 Å². The summed E-state index contributed by atoms with van der Waals surface area (Å²) in [5.41, 5.74) is 0.631. The molecule has 0 atom stereocenters. The molecule has 0 radical (unpaired) electrons. The lowest BCUT2D eigenvalue weighted by Gasteiger charge is -2.25. The summed E-state index contributed by atoms with van der Waals surface area (Å²) in [6.45, 7) is 0. The van der Waals surface area contributed by atoms with Gasteiger partial charge in [0.1, 0.15) is 5.82 Å². The van der Waals surface area contributed by atoms with E-state index in [0.29, 0.717) is 11.4 Å². The monoisotopic (exact) mass is 325 g/mol. The maximum Gasteiger partial charge on any atom is 0.428 e. The molecule has 0 aliphatic carbocycles. The SMILES string of the molecule is CN1Sc2ccccc2-c2oc(=O)n(-c3ccccn3)c(=O)c21. The Balaban J connectivity index is 2.06. The van der Waals surface area contributed by atoms with Crippen LogP contribution in [0.15, 0.2) is 67.6 Å². The van der Waals surface area contributed by atoms with Crippen molar-refractivity contribution in [1.82, 2.24) is 9.55 Å². The van der Waals surface area contributed by atoms with E-state index < -0.39 is 11.3 Å². The zero-order valence-electron chi connectivity index (χ0n) is 12.1. The first-order chi connectivity index (χ1) is 11.2. The van der Waals surface area contributed by atoms with Gasteiger partial charge in [0.05, 0.1) is 0 Å². The summed E-state index contributed by atoms with van der Waals surface area (Å²) in [4.78, 5) is 30.2. The number of rotatable bonds is 1. The van der Waals surface area contributed by atoms with Gasteiger partial charge in [-0.25, -0.2) is 9.78 Å². The van der Waals surface area contributed by atoms with E-state index in [0.717, 1.165) is 15.0 Å². The molecule has 4 rings (SSSR count). The van der Waals surface area contributed by atoms with Gasteiger partial charge in [-0.05, 0) is 36.2 Å². The van der Waals surface area contributed by atoms with Gasteiger partial charge in [-0.15, -0.1) is 0 Å². The van der Waals surface area contributed by atoms with Crippen LogP contribution >= 0.6 is 11.9 Å². The standard InChI is InChI=1S/C16H11N3O3S/c1-18-13-14(10-6-2-3-7-11(10)23-18)22-16(21)19(15(13)20)12-8-4-5-9-17-12/h2-9H,1H3. The molecule has 114 valence electrons. The molecule has 3 aromatic rings. The summed E-state index contributed by atoms with van der Waals surface area (Å²) in [6.07, 6.45) is 1.52. The smallest absolute Gasteiger partial charge is 0.406 e. The first-order valence-electron chi connectivity index (χ1n) is 6.89. The summed E-state index contributed by atoms with van der Waals surface area (Å²) in [5.74, 6) is -0.210. The van der Waals surface area contributed by atoms with E-state index in [1.165, 1.54) is 18.1 Å². The van der Waals surface area contributed by atoms with Gasteiger partial charge in [-0.2, -0.15) is 4.57 Å². The van der Waals surface area contributed by atoms with Crippen LogP contribution in [-0.4, -0.2) is 16.6 Å². The Bertz CT molecular complexity index is 1010. The number of aromatic nitrogens is 2. The molecule has 6 nitrogen and oxygen atoms in total. The minimum atomic E-state index is -0.748. The lowest BCUT2D eigenvalue weighted by Crippen LogP contribution is -2.36. The van der Waals surface area contributed by atoms with Gasteiger partial charge < -0.3 is 8.72 Å². The molecule has 0 amide bonds. The van der Waals surface area contributed by atoms with Crippen LogP contribution in [0, 0.1) is 0 Å². The summed E-state index contributed by atoms with van der Waals surface area (Å²) < 4.78 is 8.13. The third-order valence-electron chi connectivity index (χ3n) is 3.55. The van der Waals surface area contributed by atoms with Gasteiger partial charge in [0.25, 0.3) is 5.56 Å². The highest BCUT2D eigenvalue weighted by atomic mass is 32.2.